The lowest BCUT2D eigenvalue weighted by atomic mass is 10.2. The van der Waals surface area contributed by atoms with Crippen LogP contribution in [0.5, 0.6) is 0 Å². The van der Waals surface area contributed by atoms with E-state index < -0.39 is 11.7 Å². The monoisotopic (exact) mass is 401 g/mol. The highest BCUT2D eigenvalue weighted by Gasteiger charge is 2.23. The molecule has 1 amide bonds. The van der Waals surface area contributed by atoms with Crippen LogP contribution < -0.4 is 16.2 Å². The zero-order valence-electron chi connectivity index (χ0n) is 15.0. The quantitative estimate of drug-likeness (QED) is 0.680. The van der Waals surface area contributed by atoms with E-state index in [1.54, 1.807) is 16.8 Å². The van der Waals surface area contributed by atoms with Gasteiger partial charge in [-0.3, -0.25) is 14.2 Å². The summed E-state index contributed by atoms with van der Waals surface area (Å²) in [6, 6.07) is 5.85. The summed E-state index contributed by atoms with van der Waals surface area (Å²) in [6.07, 6.45) is 3.83. The molecule has 0 unspecified atom stereocenters. The molecule has 1 aliphatic carbocycles. The van der Waals surface area contributed by atoms with Crippen molar-refractivity contribution in [1.29, 1.82) is 0 Å². The number of benzene rings is 1. The number of carbonyl (C=O) groups excluding carboxylic acids is 1. The molecule has 144 valence electrons. The molecule has 1 aromatic carbocycles. The highest BCUT2D eigenvalue weighted by atomic mass is 35.5. The minimum absolute atomic E-state index is 0.0455. The van der Waals surface area contributed by atoms with Crippen LogP contribution in [0.25, 0.3) is 11.0 Å². The van der Waals surface area contributed by atoms with Crippen LogP contribution >= 0.6 is 11.6 Å². The van der Waals surface area contributed by atoms with Crippen molar-refractivity contribution in [3.8, 4) is 0 Å². The van der Waals surface area contributed by atoms with Gasteiger partial charge in [-0.1, -0.05) is 11.6 Å². The molecule has 1 fully saturated rings. The fourth-order valence-corrected chi connectivity index (χ4v) is 3.19. The fourth-order valence-electron chi connectivity index (χ4n) is 2.94. The maximum atomic E-state index is 14.3. The van der Waals surface area contributed by atoms with Crippen molar-refractivity contribution in [2.24, 2.45) is 5.92 Å². The van der Waals surface area contributed by atoms with Crippen molar-refractivity contribution in [3.63, 3.8) is 0 Å². The van der Waals surface area contributed by atoms with Gasteiger partial charge in [0.05, 0.1) is 10.7 Å². The minimum atomic E-state index is -0.684. The highest BCUT2D eigenvalue weighted by Crippen LogP contribution is 2.32. The topological polar surface area (TPSA) is 88.9 Å². The summed E-state index contributed by atoms with van der Waals surface area (Å²) in [6.45, 7) is 1.89. The number of hydrogen-bond acceptors (Lipinski definition) is 5. The Kier molecular flexibility index (Phi) is 4.72. The molecule has 2 N–H and O–H groups in total. The molecular weight excluding hydrogens is 385 g/mol. The minimum Gasteiger partial charge on any atom is -0.324 e. The molecule has 7 nitrogen and oxygen atoms in total. The molecule has 2 heterocycles. The summed E-state index contributed by atoms with van der Waals surface area (Å²) in [5.74, 6) is -0.390. The Bertz CT molecular complexity index is 1120. The van der Waals surface area contributed by atoms with Crippen molar-refractivity contribution in [2.75, 3.05) is 10.6 Å². The predicted molar refractivity (Wildman–Crippen MR) is 106 cm³/mol. The number of halogens is 2. The predicted octanol–water partition coefficient (Wildman–Crippen LogP) is 3.70. The van der Waals surface area contributed by atoms with Crippen LogP contribution in [0.3, 0.4) is 0 Å². The molecule has 0 atom stereocenters. The third kappa shape index (κ3) is 3.82. The molecule has 0 radical (unpaired) electrons. The third-order valence-corrected chi connectivity index (χ3v) is 4.76. The standard InChI is InChI=1S/C19H17ClFN5O2/c1-10(27)23-17-14(20)6-13(7-15(17)21)24-19-22-8-12-4-5-16(28)26(18(12)25-19)9-11-2-3-11/h4-8,11H,2-3,9H2,1H3,(H,23,27)(H,22,24,25). The van der Waals surface area contributed by atoms with Crippen LogP contribution in [0.15, 0.2) is 35.3 Å². The van der Waals surface area contributed by atoms with Crippen molar-refractivity contribution in [3.05, 3.63) is 51.7 Å². The lowest BCUT2D eigenvalue weighted by Crippen LogP contribution is -2.21. The smallest absolute Gasteiger partial charge is 0.252 e. The molecule has 0 bridgehead atoms. The lowest BCUT2D eigenvalue weighted by Gasteiger charge is -2.12. The van der Waals surface area contributed by atoms with Gasteiger partial charge in [0, 0.05) is 36.8 Å². The number of amides is 1. The van der Waals surface area contributed by atoms with E-state index in [2.05, 4.69) is 20.6 Å². The number of hydrogen-bond donors (Lipinski definition) is 2. The van der Waals surface area contributed by atoms with Crippen LogP contribution in [0, 0.1) is 11.7 Å². The van der Waals surface area contributed by atoms with E-state index in [1.807, 2.05) is 0 Å². The van der Waals surface area contributed by atoms with E-state index in [0.717, 1.165) is 18.2 Å². The second kappa shape index (κ2) is 7.20. The van der Waals surface area contributed by atoms with Crippen molar-refractivity contribution >= 4 is 45.9 Å². The Balaban J connectivity index is 1.68. The first-order valence-corrected chi connectivity index (χ1v) is 9.19. The first-order chi connectivity index (χ1) is 13.4. The summed E-state index contributed by atoms with van der Waals surface area (Å²) in [7, 11) is 0. The summed E-state index contributed by atoms with van der Waals surface area (Å²) in [5, 5.41) is 6.04. The number of nitrogens with zero attached hydrogens (tertiary/aromatic N) is 3. The summed E-state index contributed by atoms with van der Waals surface area (Å²) in [4.78, 5) is 32.1. The molecule has 1 aliphatic rings. The maximum absolute atomic E-state index is 14.3. The van der Waals surface area contributed by atoms with E-state index in [1.165, 1.54) is 25.1 Å². The average molecular weight is 402 g/mol. The number of anilines is 3. The molecule has 0 aliphatic heterocycles. The molecule has 28 heavy (non-hydrogen) atoms. The van der Waals surface area contributed by atoms with Gasteiger partial charge in [-0.25, -0.2) is 9.37 Å². The zero-order valence-corrected chi connectivity index (χ0v) is 15.8. The molecule has 2 aromatic heterocycles. The Labute approximate surface area is 164 Å². The summed E-state index contributed by atoms with van der Waals surface area (Å²) < 4.78 is 15.9. The van der Waals surface area contributed by atoms with Gasteiger partial charge in [0.25, 0.3) is 5.56 Å². The van der Waals surface area contributed by atoms with Gasteiger partial charge < -0.3 is 10.6 Å². The van der Waals surface area contributed by atoms with Gasteiger partial charge in [0.15, 0.2) is 0 Å². The van der Waals surface area contributed by atoms with E-state index in [-0.39, 0.29) is 22.2 Å². The van der Waals surface area contributed by atoms with Gasteiger partial charge in [0.1, 0.15) is 11.5 Å². The normalized spacial score (nSPS) is 13.5. The number of aromatic nitrogens is 3. The molecule has 0 saturated heterocycles. The highest BCUT2D eigenvalue weighted by molar-refractivity contribution is 6.34. The molecule has 3 aromatic rings. The van der Waals surface area contributed by atoms with Crippen molar-refractivity contribution in [2.45, 2.75) is 26.3 Å². The Morgan fingerprint density at radius 3 is 2.82 bits per heavy atom. The number of pyridine rings is 1. The SMILES string of the molecule is CC(=O)Nc1c(F)cc(Nc2ncc3ccc(=O)n(CC4CC4)c3n2)cc1Cl. The van der Waals surface area contributed by atoms with E-state index >= 15 is 0 Å². The van der Waals surface area contributed by atoms with Gasteiger partial charge in [-0.2, -0.15) is 4.98 Å². The molecular formula is C19H17ClFN5O2. The number of fused-ring (bicyclic) bond motifs is 1. The van der Waals surface area contributed by atoms with Crippen LogP contribution in [0.1, 0.15) is 19.8 Å². The van der Waals surface area contributed by atoms with Gasteiger partial charge in [-0.05, 0) is 37.0 Å². The Hall–Kier alpha value is -3.00. The second-order valence-corrected chi connectivity index (χ2v) is 7.23. The van der Waals surface area contributed by atoms with Crippen LogP contribution in [-0.2, 0) is 11.3 Å². The molecule has 1 saturated carbocycles. The first kappa shape index (κ1) is 18.4. The fraction of sp³-hybridized carbons (Fsp3) is 0.263. The zero-order chi connectivity index (χ0) is 19.8. The number of nitrogens with one attached hydrogen (secondary N) is 2. The van der Waals surface area contributed by atoms with E-state index in [4.69, 9.17) is 11.6 Å². The van der Waals surface area contributed by atoms with E-state index in [0.29, 0.717) is 23.8 Å². The van der Waals surface area contributed by atoms with Crippen LogP contribution in [0.4, 0.5) is 21.7 Å². The average Bonchev–Trinajstić information content (AvgIpc) is 3.45. The summed E-state index contributed by atoms with van der Waals surface area (Å²) in [5.41, 5.74) is 0.650. The third-order valence-electron chi connectivity index (χ3n) is 4.46. The Morgan fingerprint density at radius 2 is 2.14 bits per heavy atom. The number of carbonyl (C=O) groups is 1. The lowest BCUT2D eigenvalue weighted by molar-refractivity contribution is -0.114. The van der Waals surface area contributed by atoms with Gasteiger partial charge in [0.2, 0.25) is 11.9 Å². The van der Waals surface area contributed by atoms with Crippen LogP contribution in [0.2, 0.25) is 5.02 Å². The molecule has 0 spiro atoms. The van der Waals surface area contributed by atoms with Crippen molar-refractivity contribution in [1.82, 2.24) is 14.5 Å². The second-order valence-electron chi connectivity index (χ2n) is 6.82. The summed E-state index contributed by atoms with van der Waals surface area (Å²) >= 11 is 6.07. The molecule has 9 heteroatoms. The molecule has 4 rings (SSSR count). The largest absolute Gasteiger partial charge is 0.324 e. The van der Waals surface area contributed by atoms with Crippen LogP contribution in [-0.4, -0.2) is 20.4 Å². The van der Waals surface area contributed by atoms with E-state index in [9.17, 15) is 14.0 Å². The number of rotatable bonds is 5. The van der Waals surface area contributed by atoms with Crippen molar-refractivity contribution < 1.29 is 9.18 Å². The first-order valence-electron chi connectivity index (χ1n) is 8.81. The van der Waals surface area contributed by atoms with Gasteiger partial charge in [-0.15, -0.1) is 0 Å². The van der Waals surface area contributed by atoms with Gasteiger partial charge >= 0.3 is 0 Å². The maximum Gasteiger partial charge on any atom is 0.252 e. The Morgan fingerprint density at radius 1 is 1.36 bits per heavy atom.